The molecule has 58 heavy (non-hydrogen) atoms. The quantitative estimate of drug-likeness (QED) is 0.0511. The number of nitrogens with two attached hydrogens (primary N) is 2. The SMILES string of the molecule is NCCOCCOCCOCCOCCC(=O)NCCOCCOCCOCCOCCC(=O)NCCCCn1nc(C2C=Nc3[nH]ccc3C2)c2c(N)ncnc21. The van der Waals surface area contributed by atoms with E-state index in [0.717, 1.165) is 41.7 Å². The second-order valence-electron chi connectivity index (χ2n) is 13.1. The summed E-state index contributed by atoms with van der Waals surface area (Å²) in [5.74, 6) is 1.10. The van der Waals surface area contributed by atoms with E-state index in [2.05, 4.69) is 30.6 Å². The van der Waals surface area contributed by atoms with E-state index in [1.54, 1.807) is 0 Å². The van der Waals surface area contributed by atoms with Gasteiger partial charge in [-0.2, -0.15) is 5.10 Å². The van der Waals surface area contributed by atoms with Gasteiger partial charge in [-0.3, -0.25) is 9.59 Å². The topological polar surface area (TPSA) is 256 Å². The number of aromatic nitrogens is 5. The highest BCUT2D eigenvalue weighted by atomic mass is 16.6. The maximum absolute atomic E-state index is 12.3. The number of aliphatic imine (C=N–C) groups is 1. The van der Waals surface area contributed by atoms with Gasteiger partial charge in [0, 0.05) is 57.4 Å². The van der Waals surface area contributed by atoms with Crippen LogP contribution in [0.3, 0.4) is 0 Å². The van der Waals surface area contributed by atoms with Gasteiger partial charge in [-0.05, 0) is 30.9 Å². The highest BCUT2D eigenvalue weighted by Gasteiger charge is 2.25. The van der Waals surface area contributed by atoms with Gasteiger partial charge in [0.1, 0.15) is 18.0 Å². The Bertz CT molecular complexity index is 1610. The Balaban J connectivity index is 0.873. The first-order chi connectivity index (χ1) is 28.6. The molecule has 1 atom stereocenters. The fraction of sp³-hybridized carbons (Fsp3) is 0.684. The minimum atomic E-state index is -0.0984. The molecule has 0 fully saturated rings. The summed E-state index contributed by atoms with van der Waals surface area (Å²) in [5, 5.41) is 11.4. The summed E-state index contributed by atoms with van der Waals surface area (Å²) in [7, 11) is 0. The second-order valence-corrected chi connectivity index (χ2v) is 13.1. The second kappa shape index (κ2) is 29.1. The third-order valence-corrected chi connectivity index (χ3v) is 8.70. The van der Waals surface area contributed by atoms with Crippen molar-refractivity contribution in [3.63, 3.8) is 0 Å². The van der Waals surface area contributed by atoms with Gasteiger partial charge in [0.2, 0.25) is 11.8 Å². The van der Waals surface area contributed by atoms with Crippen LogP contribution in [0, 0.1) is 0 Å². The van der Waals surface area contributed by atoms with E-state index < -0.39 is 0 Å². The first-order valence-corrected chi connectivity index (χ1v) is 20.1. The van der Waals surface area contributed by atoms with E-state index in [4.69, 9.17) is 54.5 Å². The van der Waals surface area contributed by atoms with Crippen molar-refractivity contribution in [3.05, 3.63) is 29.8 Å². The summed E-state index contributed by atoms with van der Waals surface area (Å²) in [4.78, 5) is 40.5. The van der Waals surface area contributed by atoms with Gasteiger partial charge in [0.25, 0.3) is 0 Å². The first kappa shape index (κ1) is 46.6. The van der Waals surface area contributed by atoms with Crippen LogP contribution in [-0.2, 0) is 60.4 Å². The number of nitrogen functional groups attached to an aromatic ring is 1. The summed E-state index contributed by atoms with van der Waals surface area (Å²) < 4.78 is 45.3. The van der Waals surface area contributed by atoms with Gasteiger partial charge in [-0.15, -0.1) is 0 Å². The fourth-order valence-electron chi connectivity index (χ4n) is 5.76. The number of nitrogens with one attached hydrogen (secondary N) is 3. The molecule has 7 N–H and O–H groups in total. The number of hydrogen-bond donors (Lipinski definition) is 5. The van der Waals surface area contributed by atoms with Crippen LogP contribution in [0.1, 0.15) is 42.9 Å². The number of nitrogens with zero attached hydrogens (tertiary/aromatic N) is 5. The van der Waals surface area contributed by atoms with Gasteiger partial charge in [0.15, 0.2) is 5.65 Å². The largest absolute Gasteiger partial charge is 0.383 e. The summed E-state index contributed by atoms with van der Waals surface area (Å²) in [6, 6.07) is 2.03. The Morgan fingerprint density at radius 3 is 1.88 bits per heavy atom. The van der Waals surface area contributed by atoms with Gasteiger partial charge < -0.3 is 65.0 Å². The number of carbonyl (C=O) groups is 2. The number of fused-ring (bicyclic) bond motifs is 2. The lowest BCUT2D eigenvalue weighted by Crippen LogP contribution is -2.28. The highest BCUT2D eigenvalue weighted by Crippen LogP contribution is 2.34. The van der Waals surface area contributed by atoms with Crippen molar-refractivity contribution in [2.24, 2.45) is 10.7 Å². The van der Waals surface area contributed by atoms with Crippen molar-refractivity contribution in [2.45, 2.75) is 44.6 Å². The van der Waals surface area contributed by atoms with E-state index in [1.165, 1.54) is 6.33 Å². The number of aryl methyl sites for hydroxylation is 1. The lowest BCUT2D eigenvalue weighted by molar-refractivity contribution is -0.123. The zero-order valence-corrected chi connectivity index (χ0v) is 33.5. The molecule has 4 rings (SSSR count). The number of hydrogen-bond acceptors (Lipinski definition) is 16. The van der Waals surface area contributed by atoms with Crippen LogP contribution in [-0.4, -0.2) is 168 Å². The maximum Gasteiger partial charge on any atom is 0.222 e. The molecule has 1 aliphatic heterocycles. The van der Waals surface area contributed by atoms with Crippen molar-refractivity contribution in [2.75, 3.05) is 131 Å². The number of unbranched alkanes of at least 4 members (excludes halogenated alkanes) is 1. The minimum absolute atomic E-state index is 0.0220. The molecule has 4 heterocycles. The van der Waals surface area contributed by atoms with Crippen molar-refractivity contribution in [1.29, 1.82) is 0 Å². The molecule has 0 bridgehead atoms. The number of aromatic amines is 1. The van der Waals surface area contributed by atoms with E-state index in [0.29, 0.717) is 143 Å². The molecule has 324 valence electrons. The molecular weight excluding hydrogens is 756 g/mol. The number of ether oxygens (including phenoxy) is 8. The Kier molecular flexibility index (Phi) is 23.4. The van der Waals surface area contributed by atoms with Crippen LogP contribution in [0.25, 0.3) is 11.0 Å². The van der Waals surface area contributed by atoms with Gasteiger partial charge >= 0.3 is 0 Å². The number of anilines is 1. The fourth-order valence-corrected chi connectivity index (χ4v) is 5.76. The predicted octanol–water partition coefficient (Wildman–Crippen LogP) is 0.663. The molecule has 1 unspecified atom stereocenters. The number of carbonyl (C=O) groups excluding carboxylic acids is 2. The van der Waals surface area contributed by atoms with Crippen molar-refractivity contribution in [1.82, 2.24) is 35.4 Å². The minimum Gasteiger partial charge on any atom is -0.383 e. The van der Waals surface area contributed by atoms with Crippen LogP contribution in [0.2, 0.25) is 0 Å². The summed E-state index contributed by atoms with van der Waals surface area (Å²) in [6.07, 6.45) is 8.14. The molecule has 0 aromatic carbocycles. The highest BCUT2D eigenvalue weighted by molar-refractivity contribution is 5.92. The van der Waals surface area contributed by atoms with Crippen LogP contribution in [0.5, 0.6) is 0 Å². The molecule has 20 heteroatoms. The molecule has 0 saturated heterocycles. The number of amides is 2. The van der Waals surface area contributed by atoms with Crippen LogP contribution < -0.4 is 22.1 Å². The third-order valence-electron chi connectivity index (χ3n) is 8.70. The Morgan fingerprint density at radius 1 is 0.724 bits per heavy atom. The van der Waals surface area contributed by atoms with Crippen molar-refractivity contribution >= 4 is 40.7 Å². The lowest BCUT2D eigenvalue weighted by Gasteiger charge is -2.14. The van der Waals surface area contributed by atoms with E-state index in [9.17, 15) is 9.59 Å². The number of rotatable bonds is 35. The number of H-pyrrole nitrogens is 1. The van der Waals surface area contributed by atoms with Gasteiger partial charge in [-0.1, -0.05) is 0 Å². The smallest absolute Gasteiger partial charge is 0.222 e. The Hall–Kier alpha value is -4.12. The summed E-state index contributed by atoms with van der Waals surface area (Å²) in [6.45, 7) is 8.98. The molecule has 0 radical (unpaired) electrons. The summed E-state index contributed by atoms with van der Waals surface area (Å²) in [5.41, 5.74) is 14.3. The third kappa shape index (κ3) is 18.2. The predicted molar refractivity (Wildman–Crippen MR) is 215 cm³/mol. The Labute approximate surface area is 339 Å². The normalized spacial score (nSPS) is 13.6. The molecule has 0 saturated carbocycles. The van der Waals surface area contributed by atoms with E-state index in [-0.39, 0.29) is 30.6 Å². The average molecular weight is 819 g/mol. The lowest BCUT2D eigenvalue weighted by atomic mass is 9.95. The maximum atomic E-state index is 12.3. The molecule has 0 aliphatic carbocycles. The standard InChI is InChI=1S/C38H62N10O10/c39-6-13-53-17-21-57-25-23-55-20-16-52-12-5-33(50)42-9-14-54-18-22-58-26-24-56-19-15-51-11-4-32(49)41-7-1-2-10-48-38-34(36(40)45-29-46-38)35(47-48)31-27-30-3-8-43-37(30)44-28-31/h3,8,28-29,31,43H,1-2,4-7,9-27,39H2,(H,41,49)(H,42,50)(H2,40,45,46). The zero-order chi connectivity index (χ0) is 40.9. The van der Waals surface area contributed by atoms with Crippen LogP contribution >= 0.6 is 0 Å². The van der Waals surface area contributed by atoms with Crippen LogP contribution in [0.4, 0.5) is 11.6 Å². The average Bonchev–Trinajstić information content (AvgIpc) is 3.86. The first-order valence-electron chi connectivity index (χ1n) is 20.1. The van der Waals surface area contributed by atoms with Crippen molar-refractivity contribution in [3.8, 4) is 0 Å². The van der Waals surface area contributed by atoms with E-state index in [1.807, 2.05) is 23.2 Å². The van der Waals surface area contributed by atoms with Crippen molar-refractivity contribution < 1.29 is 47.5 Å². The molecule has 1 aliphatic rings. The van der Waals surface area contributed by atoms with Gasteiger partial charge in [-0.25, -0.2) is 19.6 Å². The molecule has 20 nitrogen and oxygen atoms in total. The zero-order valence-electron chi connectivity index (χ0n) is 33.5. The molecule has 3 aromatic rings. The molecular formula is C38H62N10O10. The molecule has 2 amide bonds. The van der Waals surface area contributed by atoms with Crippen LogP contribution in [0.15, 0.2) is 23.6 Å². The summed E-state index contributed by atoms with van der Waals surface area (Å²) >= 11 is 0. The molecule has 3 aromatic heterocycles. The van der Waals surface area contributed by atoms with Gasteiger partial charge in [0.05, 0.1) is 117 Å². The monoisotopic (exact) mass is 818 g/mol. The van der Waals surface area contributed by atoms with E-state index >= 15 is 0 Å². The molecule has 0 spiro atoms. The Morgan fingerprint density at radius 2 is 1.28 bits per heavy atom.